The van der Waals surface area contributed by atoms with Crippen LogP contribution in [0.25, 0.3) is 11.0 Å². The molecule has 144 valence electrons. The lowest BCUT2D eigenvalue weighted by Gasteiger charge is -2.28. The monoisotopic (exact) mass is 397 g/mol. The number of rotatable bonds is 5. The summed E-state index contributed by atoms with van der Waals surface area (Å²) < 4.78 is 28.3. The summed E-state index contributed by atoms with van der Waals surface area (Å²) in [6, 6.07) is 11.9. The van der Waals surface area contributed by atoms with Gasteiger partial charge in [0.05, 0.1) is 22.0 Å². The smallest absolute Gasteiger partial charge is 0.314 e. The van der Waals surface area contributed by atoms with Gasteiger partial charge in [-0.3, -0.25) is 9.59 Å². The molecule has 0 unspecified atom stereocenters. The number of sulfonamides is 1. The number of hydrogen-bond acceptors (Lipinski definition) is 4. The molecule has 0 fully saturated rings. The van der Waals surface area contributed by atoms with Gasteiger partial charge < -0.3 is 9.97 Å². The maximum absolute atomic E-state index is 13.4. The second-order valence-electron chi connectivity index (χ2n) is 6.73. The first-order chi connectivity index (χ1) is 13.4. The van der Waals surface area contributed by atoms with E-state index < -0.39 is 21.1 Å². The predicted molar refractivity (Wildman–Crippen MR) is 107 cm³/mol. The fourth-order valence-electron chi connectivity index (χ4n) is 3.74. The molecular formula is C20H19N3O4S. The van der Waals surface area contributed by atoms with E-state index in [4.69, 9.17) is 0 Å². The fraction of sp³-hybridized carbons (Fsp3) is 0.200. The highest BCUT2D eigenvalue weighted by atomic mass is 32.2. The minimum absolute atomic E-state index is 0.0499. The minimum atomic E-state index is -3.86. The summed E-state index contributed by atoms with van der Waals surface area (Å²) in [5.74, 6) is 0. The van der Waals surface area contributed by atoms with Crippen molar-refractivity contribution >= 4 is 21.1 Å². The molecule has 4 rings (SSSR count). The maximum Gasteiger partial charge on any atom is 0.314 e. The van der Waals surface area contributed by atoms with Gasteiger partial charge in [-0.15, -0.1) is 6.58 Å². The number of aromatic amines is 2. The van der Waals surface area contributed by atoms with Crippen molar-refractivity contribution in [3.05, 3.63) is 87.0 Å². The van der Waals surface area contributed by atoms with E-state index in [9.17, 15) is 18.0 Å². The van der Waals surface area contributed by atoms with Crippen LogP contribution in [0.15, 0.2) is 69.6 Å². The Labute approximate surface area is 161 Å². The molecule has 0 spiro atoms. The summed E-state index contributed by atoms with van der Waals surface area (Å²) in [4.78, 5) is 28.0. The van der Waals surface area contributed by atoms with Gasteiger partial charge in [-0.1, -0.05) is 30.3 Å². The van der Waals surface area contributed by atoms with Gasteiger partial charge in [0, 0.05) is 6.54 Å². The van der Waals surface area contributed by atoms with E-state index in [2.05, 4.69) is 16.5 Å². The Hall–Kier alpha value is -2.97. The number of nitrogens with zero attached hydrogens (tertiary/aromatic N) is 1. The van der Waals surface area contributed by atoms with Crippen LogP contribution in [0.2, 0.25) is 0 Å². The average molecular weight is 397 g/mol. The number of H-pyrrole nitrogens is 2. The van der Waals surface area contributed by atoms with Gasteiger partial charge in [0.1, 0.15) is 0 Å². The molecule has 1 aromatic heterocycles. The van der Waals surface area contributed by atoms with Crippen LogP contribution in [-0.4, -0.2) is 29.2 Å². The van der Waals surface area contributed by atoms with Gasteiger partial charge in [-0.2, -0.15) is 4.31 Å². The van der Waals surface area contributed by atoms with Crippen LogP contribution in [0, 0.1) is 0 Å². The zero-order valence-electron chi connectivity index (χ0n) is 15.0. The highest BCUT2D eigenvalue weighted by Crippen LogP contribution is 2.38. The Kier molecular flexibility index (Phi) is 4.52. The SMILES string of the molecule is C=CCN([C@H]1CCc2ccccc21)S(=O)(=O)c1ccc2[nH]c(=O)c(=O)[nH]c2c1. The number of hydrogen-bond donors (Lipinski definition) is 2. The van der Waals surface area contributed by atoms with Crippen LogP contribution in [0.4, 0.5) is 0 Å². The Morgan fingerprint density at radius 3 is 2.54 bits per heavy atom. The van der Waals surface area contributed by atoms with E-state index in [1.54, 1.807) is 6.08 Å². The molecule has 1 aliphatic carbocycles. The topological polar surface area (TPSA) is 103 Å². The van der Waals surface area contributed by atoms with Gasteiger partial charge in [-0.05, 0) is 42.2 Å². The lowest BCUT2D eigenvalue weighted by atomic mass is 10.1. The number of nitrogens with one attached hydrogen (secondary N) is 2. The number of benzene rings is 2. The molecule has 2 N–H and O–H groups in total. The Morgan fingerprint density at radius 2 is 1.79 bits per heavy atom. The molecule has 0 bridgehead atoms. The molecule has 7 nitrogen and oxygen atoms in total. The molecular weight excluding hydrogens is 378 g/mol. The van der Waals surface area contributed by atoms with Crippen molar-refractivity contribution in [3.63, 3.8) is 0 Å². The second kappa shape index (κ2) is 6.88. The van der Waals surface area contributed by atoms with Gasteiger partial charge >= 0.3 is 11.1 Å². The fourth-order valence-corrected chi connectivity index (χ4v) is 5.38. The highest BCUT2D eigenvalue weighted by molar-refractivity contribution is 7.89. The van der Waals surface area contributed by atoms with Crippen molar-refractivity contribution in [3.8, 4) is 0 Å². The van der Waals surface area contributed by atoms with E-state index in [0.717, 1.165) is 17.5 Å². The van der Waals surface area contributed by atoms with Crippen molar-refractivity contribution in [1.82, 2.24) is 14.3 Å². The quantitative estimate of drug-likeness (QED) is 0.508. The zero-order valence-corrected chi connectivity index (χ0v) is 15.8. The van der Waals surface area contributed by atoms with Crippen LogP contribution < -0.4 is 11.1 Å². The molecule has 0 amide bonds. The lowest BCUT2D eigenvalue weighted by molar-refractivity contribution is 0.348. The van der Waals surface area contributed by atoms with Crippen LogP contribution >= 0.6 is 0 Å². The Morgan fingerprint density at radius 1 is 1.07 bits per heavy atom. The molecule has 2 aromatic carbocycles. The maximum atomic E-state index is 13.4. The van der Waals surface area contributed by atoms with E-state index in [1.165, 1.54) is 22.5 Å². The van der Waals surface area contributed by atoms with Crippen LogP contribution in [0.3, 0.4) is 0 Å². The predicted octanol–water partition coefficient (Wildman–Crippen LogP) is 2.08. The third kappa shape index (κ3) is 3.00. The van der Waals surface area contributed by atoms with Crippen molar-refractivity contribution in [2.45, 2.75) is 23.8 Å². The molecule has 8 heteroatoms. The first-order valence-electron chi connectivity index (χ1n) is 8.89. The van der Waals surface area contributed by atoms with Crippen molar-refractivity contribution in [1.29, 1.82) is 0 Å². The van der Waals surface area contributed by atoms with E-state index in [1.807, 2.05) is 24.3 Å². The van der Waals surface area contributed by atoms with E-state index in [0.29, 0.717) is 11.9 Å². The number of fused-ring (bicyclic) bond motifs is 2. The van der Waals surface area contributed by atoms with Gasteiger partial charge in [0.25, 0.3) is 0 Å². The Balaban J connectivity index is 1.82. The van der Waals surface area contributed by atoms with E-state index >= 15 is 0 Å². The lowest BCUT2D eigenvalue weighted by Crippen LogP contribution is -2.34. The molecule has 1 atom stereocenters. The molecule has 28 heavy (non-hydrogen) atoms. The van der Waals surface area contributed by atoms with Crippen molar-refractivity contribution in [2.24, 2.45) is 0 Å². The van der Waals surface area contributed by atoms with Gasteiger partial charge in [0.15, 0.2) is 0 Å². The molecule has 0 saturated carbocycles. The minimum Gasteiger partial charge on any atom is -0.316 e. The molecule has 1 heterocycles. The molecule has 1 aliphatic rings. The second-order valence-corrected chi connectivity index (χ2v) is 8.62. The van der Waals surface area contributed by atoms with Crippen LogP contribution in [0.1, 0.15) is 23.6 Å². The summed E-state index contributed by atoms with van der Waals surface area (Å²) in [6.07, 6.45) is 3.08. The molecule has 0 radical (unpaired) electrons. The van der Waals surface area contributed by atoms with E-state index in [-0.39, 0.29) is 23.0 Å². The summed E-state index contributed by atoms with van der Waals surface area (Å²) >= 11 is 0. The summed E-state index contributed by atoms with van der Waals surface area (Å²) in [6.45, 7) is 3.88. The highest BCUT2D eigenvalue weighted by Gasteiger charge is 2.35. The van der Waals surface area contributed by atoms with Crippen molar-refractivity contribution in [2.75, 3.05) is 6.54 Å². The standard InChI is InChI=1S/C20H19N3O4S/c1-2-11-23(18-10-7-13-5-3-4-6-15(13)18)28(26,27)14-8-9-16-17(12-14)22-20(25)19(24)21-16/h2-6,8-9,12,18H,1,7,10-11H2,(H,21,24)(H,22,25)/t18-/m0/s1. The van der Waals surface area contributed by atoms with Crippen LogP contribution in [0.5, 0.6) is 0 Å². The van der Waals surface area contributed by atoms with Gasteiger partial charge in [0.2, 0.25) is 10.0 Å². The third-order valence-electron chi connectivity index (χ3n) is 5.06. The van der Waals surface area contributed by atoms with Crippen molar-refractivity contribution < 1.29 is 8.42 Å². The van der Waals surface area contributed by atoms with Gasteiger partial charge in [-0.25, -0.2) is 8.42 Å². The summed E-state index contributed by atoms with van der Waals surface area (Å²) in [7, 11) is -3.86. The Bertz CT molecular complexity index is 1290. The largest absolute Gasteiger partial charge is 0.316 e. The molecule has 3 aromatic rings. The third-order valence-corrected chi connectivity index (χ3v) is 6.93. The summed E-state index contributed by atoms with van der Waals surface area (Å²) in [5.41, 5.74) is 1.18. The first-order valence-corrected chi connectivity index (χ1v) is 10.3. The number of aromatic nitrogens is 2. The van der Waals surface area contributed by atoms with Crippen LogP contribution in [-0.2, 0) is 16.4 Å². The zero-order chi connectivity index (χ0) is 19.9. The molecule has 0 aliphatic heterocycles. The average Bonchev–Trinajstić information content (AvgIpc) is 3.10. The first kappa shape index (κ1) is 18.4. The number of aryl methyl sites for hydroxylation is 1. The summed E-state index contributed by atoms with van der Waals surface area (Å²) in [5, 5.41) is 0. The normalized spacial score (nSPS) is 16.4. The molecule has 0 saturated heterocycles.